The second-order valence-electron chi connectivity index (χ2n) is 7.61. The number of aryl methyl sites for hydroxylation is 2. The minimum atomic E-state index is -4.87. The average molecular weight is 547 g/mol. The van der Waals surface area contributed by atoms with E-state index in [2.05, 4.69) is 6.92 Å². The molecule has 0 spiro atoms. The maximum atomic E-state index is 13.4. The van der Waals surface area contributed by atoms with Crippen molar-refractivity contribution in [3.05, 3.63) is 79.6 Å². The van der Waals surface area contributed by atoms with Gasteiger partial charge in [0.15, 0.2) is 0 Å². The van der Waals surface area contributed by atoms with E-state index in [1.54, 1.807) is 0 Å². The normalized spacial score (nSPS) is 11.5. The summed E-state index contributed by atoms with van der Waals surface area (Å²) < 4.78 is 80.3. The van der Waals surface area contributed by atoms with Crippen molar-refractivity contribution in [3.63, 3.8) is 0 Å². The van der Waals surface area contributed by atoms with Crippen molar-refractivity contribution in [2.24, 2.45) is 0 Å². The maximum Gasteiger partial charge on any atom is 3.00 e. The van der Waals surface area contributed by atoms with Crippen LogP contribution in [0.1, 0.15) is 55.4 Å². The van der Waals surface area contributed by atoms with Crippen LogP contribution in [-0.4, -0.2) is 0 Å². The Labute approximate surface area is 211 Å². The molecule has 0 N–H and O–H groups in total. The fourth-order valence-electron chi connectivity index (χ4n) is 3.83. The van der Waals surface area contributed by atoms with E-state index in [9.17, 15) is 26.3 Å². The summed E-state index contributed by atoms with van der Waals surface area (Å²) in [7, 11) is 0. The van der Waals surface area contributed by atoms with E-state index >= 15 is 0 Å². The van der Waals surface area contributed by atoms with Crippen molar-refractivity contribution in [3.8, 4) is 11.1 Å². The van der Waals surface area contributed by atoms with Gasteiger partial charge >= 0.3 is 38.6 Å². The Hall–Kier alpha value is -1.49. The van der Waals surface area contributed by atoms with E-state index in [-0.39, 0.29) is 52.7 Å². The van der Waals surface area contributed by atoms with E-state index in [0.717, 1.165) is 54.3 Å². The fourth-order valence-corrected chi connectivity index (χ4v) is 3.83. The summed E-state index contributed by atoms with van der Waals surface area (Å²) in [5, 5.41) is 1.54. The van der Waals surface area contributed by atoms with E-state index in [4.69, 9.17) is 0 Å². The Balaban J connectivity index is 0.00000341. The summed E-state index contributed by atoms with van der Waals surface area (Å²) in [5.41, 5.74) is -0.350. The van der Waals surface area contributed by atoms with Gasteiger partial charge < -0.3 is 14.9 Å². The molecule has 179 valence electrons. The molecule has 0 nitrogen and oxygen atoms in total. The number of rotatable bonds is 6. The number of fused-ring (bicyclic) bond motifs is 1. The SMILES string of the molecule is CCCCc1cc2c(-c3cc(C(F)(F)F)cc(C(F)(F)F)c3)c(CCC)ccc2[cH-]1.[CH3-].[CH3-].[Zr+3]. The third kappa shape index (κ3) is 7.25. The van der Waals surface area contributed by atoms with Gasteiger partial charge in [-0.25, -0.2) is 0 Å². The molecule has 0 saturated carbocycles. The van der Waals surface area contributed by atoms with Gasteiger partial charge in [-0.2, -0.15) is 32.4 Å². The molecule has 3 aromatic carbocycles. The van der Waals surface area contributed by atoms with Crippen LogP contribution in [0.3, 0.4) is 0 Å². The molecule has 0 aliphatic carbocycles. The van der Waals surface area contributed by atoms with Gasteiger partial charge in [-0.05, 0) is 36.6 Å². The third-order valence-electron chi connectivity index (χ3n) is 5.25. The molecule has 3 aromatic rings. The molecule has 0 atom stereocenters. The van der Waals surface area contributed by atoms with Crippen LogP contribution in [0.15, 0.2) is 42.5 Å². The molecule has 0 bridgehead atoms. The number of hydrogen-bond donors (Lipinski definition) is 0. The summed E-state index contributed by atoms with van der Waals surface area (Å²) >= 11 is 0. The standard InChI is InChI=1S/C24H23F6.2CH3.Zr/c1-3-5-7-15-10-17-9-8-16(6-4-2)22(21(17)11-15)18-12-19(23(25,26)27)14-20(13-18)24(28,29)30;;;/h8-14H,3-7H2,1-2H3;2*1H3;/q3*-1;+3. The van der Waals surface area contributed by atoms with Crippen molar-refractivity contribution in [1.82, 2.24) is 0 Å². The van der Waals surface area contributed by atoms with Gasteiger partial charge in [-0.15, -0.1) is 34.5 Å². The molecular weight excluding hydrogens is 517 g/mol. The van der Waals surface area contributed by atoms with E-state index in [0.29, 0.717) is 17.4 Å². The second kappa shape index (κ2) is 12.3. The van der Waals surface area contributed by atoms with Gasteiger partial charge in [-0.1, -0.05) is 44.2 Å². The Morgan fingerprint density at radius 3 is 1.82 bits per heavy atom. The van der Waals surface area contributed by atoms with Crippen LogP contribution < -0.4 is 0 Å². The number of alkyl halides is 6. The van der Waals surface area contributed by atoms with Gasteiger partial charge in [0.05, 0.1) is 11.1 Å². The molecule has 0 heterocycles. The predicted molar refractivity (Wildman–Crippen MR) is 120 cm³/mol. The van der Waals surface area contributed by atoms with E-state index in [1.807, 2.05) is 31.2 Å². The zero-order chi connectivity index (χ0) is 22.1. The van der Waals surface area contributed by atoms with Gasteiger partial charge in [0.1, 0.15) is 0 Å². The molecule has 0 saturated heterocycles. The summed E-state index contributed by atoms with van der Waals surface area (Å²) in [5.74, 6) is 0. The molecule has 0 unspecified atom stereocenters. The summed E-state index contributed by atoms with van der Waals surface area (Å²) in [6, 6.07) is 9.45. The largest absolute Gasteiger partial charge is 3.00 e. The first kappa shape index (κ1) is 31.5. The topological polar surface area (TPSA) is 0 Å². The summed E-state index contributed by atoms with van der Waals surface area (Å²) in [6.45, 7) is 3.99. The molecule has 0 aliphatic rings. The summed E-state index contributed by atoms with van der Waals surface area (Å²) in [4.78, 5) is 0. The van der Waals surface area contributed by atoms with Gasteiger partial charge in [0.25, 0.3) is 0 Å². The van der Waals surface area contributed by atoms with Crippen molar-refractivity contribution in [1.29, 1.82) is 0 Å². The van der Waals surface area contributed by atoms with Crippen molar-refractivity contribution in [2.75, 3.05) is 0 Å². The minimum Gasteiger partial charge on any atom is -0.358 e. The Kier molecular flexibility index (Phi) is 11.7. The first-order valence-electron chi connectivity index (χ1n) is 10.1. The van der Waals surface area contributed by atoms with E-state index in [1.165, 1.54) is 0 Å². The first-order chi connectivity index (χ1) is 14.0. The van der Waals surface area contributed by atoms with Crippen LogP contribution >= 0.6 is 0 Å². The number of hydrogen-bond acceptors (Lipinski definition) is 0. The Morgan fingerprint density at radius 1 is 0.758 bits per heavy atom. The van der Waals surface area contributed by atoms with Crippen LogP contribution in [0.5, 0.6) is 0 Å². The summed E-state index contributed by atoms with van der Waals surface area (Å²) in [6.07, 6.45) is -5.65. The minimum absolute atomic E-state index is 0. The zero-order valence-electron chi connectivity index (χ0n) is 19.3. The van der Waals surface area contributed by atoms with Gasteiger partial charge in [0.2, 0.25) is 0 Å². The van der Waals surface area contributed by atoms with Crippen molar-refractivity contribution >= 4 is 10.8 Å². The van der Waals surface area contributed by atoms with Crippen LogP contribution in [0.4, 0.5) is 26.3 Å². The fraction of sp³-hybridized carbons (Fsp3) is 0.346. The van der Waals surface area contributed by atoms with Gasteiger partial charge in [0, 0.05) is 0 Å². The van der Waals surface area contributed by atoms with Crippen LogP contribution in [0.25, 0.3) is 21.9 Å². The number of unbranched alkanes of at least 4 members (excludes halogenated alkanes) is 1. The first-order valence-corrected chi connectivity index (χ1v) is 10.1. The predicted octanol–water partition coefficient (Wildman–Crippen LogP) is 9.46. The Morgan fingerprint density at radius 2 is 1.33 bits per heavy atom. The average Bonchev–Trinajstić information content (AvgIpc) is 3.07. The van der Waals surface area contributed by atoms with Crippen molar-refractivity contribution < 1.29 is 52.5 Å². The molecule has 3 rings (SSSR count). The van der Waals surface area contributed by atoms with Crippen LogP contribution in [0.2, 0.25) is 0 Å². The molecule has 7 heteroatoms. The molecule has 0 aliphatic heterocycles. The monoisotopic (exact) mass is 545 g/mol. The Bertz CT molecular complexity index is 995. The molecular formula is C26H29F6Zr. The molecule has 0 fully saturated rings. The molecule has 33 heavy (non-hydrogen) atoms. The van der Waals surface area contributed by atoms with Crippen LogP contribution in [-0.2, 0) is 51.4 Å². The number of benzene rings is 2. The zero-order valence-corrected chi connectivity index (χ0v) is 21.8. The van der Waals surface area contributed by atoms with Crippen LogP contribution in [0, 0.1) is 14.9 Å². The second-order valence-corrected chi connectivity index (χ2v) is 7.61. The quantitative estimate of drug-likeness (QED) is 0.213. The molecule has 1 radical (unpaired) electrons. The number of halogens is 6. The smallest absolute Gasteiger partial charge is 0.358 e. The maximum absolute atomic E-state index is 13.4. The molecule has 0 amide bonds. The molecule has 0 aromatic heterocycles. The van der Waals surface area contributed by atoms with Gasteiger partial charge in [-0.3, -0.25) is 0 Å². The van der Waals surface area contributed by atoms with Crippen molar-refractivity contribution in [2.45, 2.75) is 58.3 Å². The third-order valence-corrected chi connectivity index (χ3v) is 5.25. The van der Waals surface area contributed by atoms with E-state index < -0.39 is 23.5 Å².